The van der Waals surface area contributed by atoms with Gasteiger partial charge in [0.25, 0.3) is 0 Å². The molecule has 0 saturated carbocycles. The maximum absolute atomic E-state index is 12.3. The van der Waals surface area contributed by atoms with E-state index in [0.717, 1.165) is 5.06 Å². The van der Waals surface area contributed by atoms with Crippen LogP contribution in [0.1, 0.15) is 67.2 Å². The number of hydroxylamine groups is 2. The fourth-order valence-electron chi connectivity index (χ4n) is 2.06. The molecule has 152 valence electrons. The van der Waals surface area contributed by atoms with Crippen LogP contribution in [0.2, 0.25) is 0 Å². The summed E-state index contributed by atoms with van der Waals surface area (Å²) in [6.07, 6.45) is 0.950. The number of ether oxygens (including phenoxy) is 2. The summed E-state index contributed by atoms with van der Waals surface area (Å²) in [7, 11) is 0. The number of nitrogens with zero attached hydrogens (tertiary/aromatic N) is 2. The Balaban J connectivity index is 4.61. The lowest BCUT2D eigenvalue weighted by Gasteiger charge is -2.28. The third-order valence-corrected chi connectivity index (χ3v) is 3.35. The van der Waals surface area contributed by atoms with Crippen molar-refractivity contribution in [1.29, 1.82) is 0 Å². The number of amides is 2. The Morgan fingerprint density at radius 3 is 2.00 bits per heavy atom. The number of esters is 1. The summed E-state index contributed by atoms with van der Waals surface area (Å²) in [6.45, 7) is 12.2. The molecule has 26 heavy (non-hydrogen) atoms. The lowest BCUT2D eigenvalue weighted by molar-refractivity contribution is -0.143. The van der Waals surface area contributed by atoms with Crippen molar-refractivity contribution < 1.29 is 28.7 Å². The number of hydrogen-bond donors (Lipinski definition) is 0. The number of rotatable bonds is 9. The molecule has 0 aromatic rings. The van der Waals surface area contributed by atoms with E-state index in [1.807, 2.05) is 13.8 Å². The lowest BCUT2D eigenvalue weighted by Crippen LogP contribution is -2.42. The van der Waals surface area contributed by atoms with Gasteiger partial charge in [0, 0.05) is 19.5 Å². The smallest absolute Gasteiger partial charge is 0.443 e. The first-order valence-electron chi connectivity index (χ1n) is 9.27. The predicted octanol–water partition coefficient (Wildman–Crippen LogP) is 3.74. The second-order valence-electron chi connectivity index (χ2n) is 6.73. The van der Waals surface area contributed by atoms with Crippen LogP contribution in [-0.4, -0.2) is 60.0 Å². The Bertz CT molecular complexity index is 443. The Hall–Kier alpha value is -1.99. The first kappa shape index (κ1) is 24.0. The maximum atomic E-state index is 12.3. The molecule has 0 fully saturated rings. The molecule has 0 atom stereocenters. The van der Waals surface area contributed by atoms with Crippen LogP contribution in [0, 0.1) is 0 Å². The van der Waals surface area contributed by atoms with Gasteiger partial charge in [0.2, 0.25) is 0 Å². The van der Waals surface area contributed by atoms with E-state index in [2.05, 4.69) is 0 Å². The van der Waals surface area contributed by atoms with E-state index in [4.69, 9.17) is 14.3 Å². The van der Waals surface area contributed by atoms with Gasteiger partial charge in [0.1, 0.15) is 5.60 Å². The molecule has 8 heteroatoms. The normalized spacial score (nSPS) is 10.8. The molecule has 0 aromatic carbocycles. The molecule has 0 radical (unpaired) electrons. The molecule has 0 aliphatic heterocycles. The van der Waals surface area contributed by atoms with Gasteiger partial charge in [0.05, 0.1) is 13.2 Å². The highest BCUT2D eigenvalue weighted by Gasteiger charge is 2.26. The molecule has 0 aromatic heterocycles. The first-order valence-corrected chi connectivity index (χ1v) is 9.27. The average molecular weight is 374 g/mol. The van der Waals surface area contributed by atoms with E-state index in [9.17, 15) is 14.4 Å². The fourth-order valence-corrected chi connectivity index (χ4v) is 2.06. The number of carbonyl (C=O) groups is 3. The third-order valence-electron chi connectivity index (χ3n) is 3.35. The molecular formula is C18H34N2O6. The summed E-state index contributed by atoms with van der Waals surface area (Å²) < 4.78 is 10.2. The minimum Gasteiger partial charge on any atom is -0.466 e. The van der Waals surface area contributed by atoms with Crippen LogP contribution in [0.3, 0.4) is 0 Å². The van der Waals surface area contributed by atoms with Gasteiger partial charge in [-0.05, 0) is 54.4 Å². The zero-order valence-corrected chi connectivity index (χ0v) is 17.0. The second kappa shape index (κ2) is 12.4. The summed E-state index contributed by atoms with van der Waals surface area (Å²) in [5, 5.41) is 0.955. The fraction of sp³-hybridized carbons (Fsp3) is 0.833. The zero-order chi connectivity index (χ0) is 20.2. The van der Waals surface area contributed by atoms with Crippen molar-refractivity contribution in [3.8, 4) is 0 Å². The maximum Gasteiger partial charge on any atom is 0.443 e. The molecule has 0 unspecified atom stereocenters. The largest absolute Gasteiger partial charge is 0.466 e. The van der Waals surface area contributed by atoms with Crippen molar-refractivity contribution in [1.82, 2.24) is 9.96 Å². The number of carbonyl (C=O) groups excluding carboxylic acids is 3. The van der Waals surface area contributed by atoms with Gasteiger partial charge in [-0.15, -0.1) is 5.06 Å². The Morgan fingerprint density at radius 2 is 1.50 bits per heavy atom. The van der Waals surface area contributed by atoms with Gasteiger partial charge in [-0.3, -0.25) is 4.79 Å². The lowest BCUT2D eigenvalue weighted by atomic mass is 10.2. The topological polar surface area (TPSA) is 85.4 Å². The Morgan fingerprint density at radius 1 is 0.885 bits per heavy atom. The van der Waals surface area contributed by atoms with E-state index >= 15 is 0 Å². The quantitative estimate of drug-likeness (QED) is 0.347. The molecular weight excluding hydrogens is 340 g/mol. The highest BCUT2D eigenvalue weighted by Crippen LogP contribution is 2.13. The summed E-state index contributed by atoms with van der Waals surface area (Å²) in [5.41, 5.74) is -0.694. The van der Waals surface area contributed by atoms with Crippen molar-refractivity contribution in [3.63, 3.8) is 0 Å². The second-order valence-corrected chi connectivity index (χ2v) is 6.73. The van der Waals surface area contributed by atoms with Crippen LogP contribution in [0.15, 0.2) is 0 Å². The van der Waals surface area contributed by atoms with E-state index in [-0.39, 0.29) is 12.5 Å². The molecule has 8 nitrogen and oxygen atoms in total. The molecule has 0 rings (SSSR count). The van der Waals surface area contributed by atoms with Crippen molar-refractivity contribution in [3.05, 3.63) is 0 Å². The predicted molar refractivity (Wildman–Crippen MR) is 97.4 cm³/mol. The number of hydrogen-bond acceptors (Lipinski definition) is 6. The van der Waals surface area contributed by atoms with Crippen molar-refractivity contribution in [2.75, 3.05) is 26.2 Å². The monoisotopic (exact) mass is 374 g/mol. The van der Waals surface area contributed by atoms with Crippen molar-refractivity contribution >= 4 is 18.2 Å². The molecule has 0 bridgehead atoms. The third kappa shape index (κ3) is 10.8. The van der Waals surface area contributed by atoms with Crippen LogP contribution in [0.4, 0.5) is 9.59 Å². The summed E-state index contributed by atoms with van der Waals surface area (Å²) in [6, 6.07) is 0. The summed E-state index contributed by atoms with van der Waals surface area (Å²) >= 11 is 0. The highest BCUT2D eigenvalue weighted by atomic mass is 16.8. The van der Waals surface area contributed by atoms with Gasteiger partial charge in [0.15, 0.2) is 0 Å². The van der Waals surface area contributed by atoms with Crippen LogP contribution in [0.5, 0.6) is 0 Å². The van der Waals surface area contributed by atoms with Crippen LogP contribution in [0.25, 0.3) is 0 Å². The SMILES string of the molecule is CCOC(=O)CCCCCN(OC(=O)N(CC)CC)C(=O)OC(C)(C)C. The van der Waals surface area contributed by atoms with Crippen LogP contribution < -0.4 is 0 Å². The molecule has 2 amide bonds. The van der Waals surface area contributed by atoms with Gasteiger partial charge >= 0.3 is 18.2 Å². The van der Waals surface area contributed by atoms with Crippen molar-refractivity contribution in [2.45, 2.75) is 72.8 Å². The van der Waals surface area contributed by atoms with Crippen LogP contribution >= 0.6 is 0 Å². The molecule has 0 spiro atoms. The number of unbranched alkanes of at least 4 members (excludes halogenated alkanes) is 2. The van der Waals surface area contributed by atoms with Crippen LogP contribution in [-0.2, 0) is 19.1 Å². The zero-order valence-electron chi connectivity index (χ0n) is 17.0. The van der Waals surface area contributed by atoms with Gasteiger partial charge in [-0.25, -0.2) is 9.59 Å². The Labute approximate surface area is 156 Å². The Kier molecular flexibility index (Phi) is 11.4. The molecule has 0 aliphatic carbocycles. The molecule has 0 heterocycles. The van der Waals surface area contributed by atoms with Crippen molar-refractivity contribution in [2.24, 2.45) is 0 Å². The molecule has 0 aliphatic rings. The van der Waals surface area contributed by atoms with E-state index in [1.54, 1.807) is 27.7 Å². The van der Waals surface area contributed by atoms with E-state index < -0.39 is 17.8 Å². The van der Waals surface area contributed by atoms with Gasteiger partial charge < -0.3 is 19.2 Å². The minimum atomic E-state index is -0.705. The van der Waals surface area contributed by atoms with Gasteiger partial charge in [-0.1, -0.05) is 6.42 Å². The van der Waals surface area contributed by atoms with Gasteiger partial charge in [-0.2, -0.15) is 0 Å². The molecule has 0 N–H and O–H groups in total. The summed E-state index contributed by atoms with van der Waals surface area (Å²) in [4.78, 5) is 42.4. The average Bonchev–Trinajstić information content (AvgIpc) is 2.53. The highest BCUT2D eigenvalue weighted by molar-refractivity contribution is 5.72. The first-order chi connectivity index (χ1) is 12.1. The molecule has 0 saturated heterocycles. The summed E-state index contributed by atoms with van der Waals surface area (Å²) in [5.74, 6) is -0.232. The van der Waals surface area contributed by atoms with E-state index in [0.29, 0.717) is 45.4 Å². The van der Waals surface area contributed by atoms with E-state index in [1.165, 1.54) is 4.90 Å². The minimum absolute atomic E-state index is 0.199. The standard InChI is InChI=1S/C18H34N2O6/c1-7-19(8-2)16(22)26-20(17(23)25-18(4,5)6)14-12-10-11-13-15(21)24-9-3/h7-14H2,1-6H3.